The highest BCUT2D eigenvalue weighted by molar-refractivity contribution is 9.10. The summed E-state index contributed by atoms with van der Waals surface area (Å²) in [6.07, 6.45) is 0.700. The molecule has 6 heteroatoms. The Morgan fingerprint density at radius 2 is 2.20 bits per heavy atom. The van der Waals surface area contributed by atoms with Gasteiger partial charge in [0.1, 0.15) is 11.0 Å². The standard InChI is InChI=1S/C9H13BrN2O3/c1-3-6-8(10)9(14)12(11-6)5-7(13)15-4-2/h11H,3-5H2,1-2H3. The Labute approximate surface area is 95.5 Å². The molecule has 0 spiro atoms. The molecule has 0 amide bonds. The molecule has 0 bridgehead atoms. The molecule has 0 aliphatic carbocycles. The van der Waals surface area contributed by atoms with Crippen molar-refractivity contribution in [2.45, 2.75) is 26.8 Å². The number of aromatic nitrogens is 2. The molecule has 0 aliphatic heterocycles. The Morgan fingerprint density at radius 1 is 1.53 bits per heavy atom. The van der Waals surface area contributed by atoms with Crippen LogP contribution in [0, 0.1) is 0 Å². The summed E-state index contributed by atoms with van der Waals surface area (Å²) in [4.78, 5) is 22.7. The van der Waals surface area contributed by atoms with Crippen molar-refractivity contribution in [3.63, 3.8) is 0 Å². The molecule has 0 fully saturated rings. The second kappa shape index (κ2) is 5.16. The van der Waals surface area contributed by atoms with Gasteiger partial charge >= 0.3 is 5.97 Å². The lowest BCUT2D eigenvalue weighted by Crippen LogP contribution is -2.23. The lowest BCUT2D eigenvalue weighted by molar-refractivity contribution is -0.144. The molecule has 1 aromatic rings. The van der Waals surface area contributed by atoms with Gasteiger partial charge in [0.05, 0.1) is 12.3 Å². The van der Waals surface area contributed by atoms with E-state index in [-0.39, 0.29) is 12.1 Å². The molecule has 0 radical (unpaired) electrons. The fraction of sp³-hybridized carbons (Fsp3) is 0.556. The van der Waals surface area contributed by atoms with E-state index in [0.29, 0.717) is 17.5 Å². The fourth-order valence-electron chi connectivity index (χ4n) is 1.19. The van der Waals surface area contributed by atoms with Crippen LogP contribution in [-0.4, -0.2) is 22.4 Å². The van der Waals surface area contributed by atoms with Crippen molar-refractivity contribution in [1.82, 2.24) is 9.78 Å². The maximum absolute atomic E-state index is 11.6. The van der Waals surface area contributed by atoms with E-state index in [4.69, 9.17) is 4.74 Å². The molecule has 0 saturated heterocycles. The van der Waals surface area contributed by atoms with Gasteiger partial charge in [0.25, 0.3) is 5.56 Å². The van der Waals surface area contributed by atoms with Gasteiger partial charge in [-0.3, -0.25) is 14.7 Å². The second-order valence-corrected chi connectivity index (χ2v) is 3.75. The molecule has 1 aromatic heterocycles. The second-order valence-electron chi connectivity index (χ2n) is 2.95. The third-order valence-corrected chi connectivity index (χ3v) is 2.73. The summed E-state index contributed by atoms with van der Waals surface area (Å²) < 4.78 is 6.47. The van der Waals surface area contributed by atoms with Crippen molar-refractivity contribution in [2.24, 2.45) is 0 Å². The first-order valence-corrected chi connectivity index (χ1v) is 5.52. The number of H-pyrrole nitrogens is 1. The summed E-state index contributed by atoms with van der Waals surface area (Å²) in [6, 6.07) is 0. The van der Waals surface area contributed by atoms with E-state index in [2.05, 4.69) is 21.0 Å². The van der Waals surface area contributed by atoms with Crippen LogP contribution >= 0.6 is 15.9 Å². The van der Waals surface area contributed by atoms with Crippen LogP contribution in [0.4, 0.5) is 0 Å². The van der Waals surface area contributed by atoms with E-state index in [1.807, 2.05) is 6.92 Å². The summed E-state index contributed by atoms with van der Waals surface area (Å²) in [5, 5.41) is 2.85. The van der Waals surface area contributed by atoms with E-state index in [0.717, 1.165) is 5.69 Å². The molecular formula is C9H13BrN2O3. The average Bonchev–Trinajstić information content (AvgIpc) is 2.46. The van der Waals surface area contributed by atoms with Gasteiger partial charge in [0.2, 0.25) is 0 Å². The molecule has 0 atom stereocenters. The zero-order chi connectivity index (χ0) is 11.4. The summed E-state index contributed by atoms with van der Waals surface area (Å²) in [6.45, 7) is 3.88. The number of aryl methyl sites for hydroxylation is 1. The number of nitrogens with zero attached hydrogens (tertiary/aromatic N) is 1. The van der Waals surface area contributed by atoms with Crippen LogP contribution in [0.2, 0.25) is 0 Å². The highest BCUT2D eigenvalue weighted by atomic mass is 79.9. The number of esters is 1. The minimum atomic E-state index is -0.420. The fourth-order valence-corrected chi connectivity index (χ4v) is 1.77. The van der Waals surface area contributed by atoms with Crippen molar-refractivity contribution < 1.29 is 9.53 Å². The summed E-state index contributed by atoms with van der Waals surface area (Å²) in [7, 11) is 0. The van der Waals surface area contributed by atoms with Gasteiger partial charge in [-0.2, -0.15) is 0 Å². The van der Waals surface area contributed by atoms with Gasteiger partial charge in [-0.05, 0) is 29.3 Å². The van der Waals surface area contributed by atoms with Crippen LogP contribution in [0.3, 0.4) is 0 Å². The number of ether oxygens (including phenoxy) is 1. The van der Waals surface area contributed by atoms with Crippen LogP contribution in [0.15, 0.2) is 9.27 Å². The Balaban J connectivity index is 2.87. The maximum atomic E-state index is 11.6. The zero-order valence-corrected chi connectivity index (χ0v) is 10.3. The number of nitrogens with one attached hydrogen (secondary N) is 1. The van der Waals surface area contributed by atoms with Crippen LogP contribution in [0.25, 0.3) is 0 Å². The molecule has 0 unspecified atom stereocenters. The minimum absolute atomic E-state index is 0.0781. The Kier molecular flexibility index (Phi) is 4.14. The molecule has 1 N–H and O–H groups in total. The number of hydrogen-bond acceptors (Lipinski definition) is 3. The quantitative estimate of drug-likeness (QED) is 0.837. The van der Waals surface area contributed by atoms with E-state index in [9.17, 15) is 9.59 Å². The monoisotopic (exact) mass is 276 g/mol. The number of aromatic amines is 1. The lowest BCUT2D eigenvalue weighted by atomic mass is 10.3. The molecule has 1 rings (SSSR count). The molecule has 84 valence electrons. The molecule has 15 heavy (non-hydrogen) atoms. The number of rotatable bonds is 4. The predicted molar refractivity (Wildman–Crippen MR) is 58.8 cm³/mol. The van der Waals surface area contributed by atoms with E-state index < -0.39 is 5.97 Å². The first-order chi connectivity index (χ1) is 7.10. The van der Waals surface area contributed by atoms with Crippen molar-refractivity contribution >= 4 is 21.9 Å². The third kappa shape index (κ3) is 2.71. The summed E-state index contributed by atoms with van der Waals surface area (Å²) in [5.41, 5.74) is 0.546. The molecule has 0 saturated carbocycles. The van der Waals surface area contributed by atoms with E-state index in [1.54, 1.807) is 6.92 Å². The lowest BCUT2D eigenvalue weighted by Gasteiger charge is -2.01. The Morgan fingerprint density at radius 3 is 2.67 bits per heavy atom. The van der Waals surface area contributed by atoms with Crippen LogP contribution < -0.4 is 5.56 Å². The van der Waals surface area contributed by atoms with Crippen molar-refractivity contribution in [3.8, 4) is 0 Å². The number of hydrogen-bond donors (Lipinski definition) is 1. The Bertz CT molecular complexity index is 408. The predicted octanol–water partition coefficient (Wildman–Crippen LogP) is 1.06. The number of halogens is 1. The van der Waals surface area contributed by atoms with Gasteiger partial charge in [0, 0.05) is 0 Å². The largest absolute Gasteiger partial charge is 0.465 e. The smallest absolute Gasteiger partial charge is 0.327 e. The Hall–Kier alpha value is -1.04. The summed E-state index contributed by atoms with van der Waals surface area (Å²) in [5.74, 6) is -0.420. The minimum Gasteiger partial charge on any atom is -0.465 e. The van der Waals surface area contributed by atoms with Gasteiger partial charge in [-0.25, -0.2) is 4.68 Å². The van der Waals surface area contributed by atoms with Crippen molar-refractivity contribution in [2.75, 3.05) is 6.61 Å². The van der Waals surface area contributed by atoms with E-state index in [1.165, 1.54) is 4.68 Å². The van der Waals surface area contributed by atoms with Gasteiger partial charge in [-0.15, -0.1) is 0 Å². The summed E-state index contributed by atoms with van der Waals surface area (Å²) >= 11 is 3.17. The van der Waals surface area contributed by atoms with Crippen LogP contribution in [0.5, 0.6) is 0 Å². The first kappa shape index (κ1) is 12.0. The van der Waals surface area contributed by atoms with Gasteiger partial charge in [-0.1, -0.05) is 6.92 Å². The van der Waals surface area contributed by atoms with Crippen molar-refractivity contribution in [3.05, 3.63) is 20.5 Å². The highest BCUT2D eigenvalue weighted by Crippen LogP contribution is 2.09. The zero-order valence-electron chi connectivity index (χ0n) is 8.67. The number of carbonyl (C=O) groups is 1. The first-order valence-electron chi connectivity index (χ1n) is 4.72. The maximum Gasteiger partial charge on any atom is 0.327 e. The SMILES string of the molecule is CCOC(=O)Cn1[nH]c(CC)c(Br)c1=O. The van der Waals surface area contributed by atoms with Crippen molar-refractivity contribution in [1.29, 1.82) is 0 Å². The molecule has 0 aromatic carbocycles. The average molecular weight is 277 g/mol. The number of carbonyl (C=O) groups excluding carboxylic acids is 1. The van der Waals surface area contributed by atoms with Gasteiger partial charge in [0.15, 0.2) is 0 Å². The van der Waals surface area contributed by atoms with Crippen LogP contribution in [0.1, 0.15) is 19.5 Å². The van der Waals surface area contributed by atoms with E-state index >= 15 is 0 Å². The molecule has 0 aliphatic rings. The normalized spacial score (nSPS) is 10.3. The van der Waals surface area contributed by atoms with Crippen LogP contribution in [-0.2, 0) is 22.5 Å². The topological polar surface area (TPSA) is 64.1 Å². The molecule has 5 nitrogen and oxygen atoms in total. The third-order valence-electron chi connectivity index (χ3n) is 1.91. The molecular weight excluding hydrogens is 264 g/mol. The molecule has 1 heterocycles. The van der Waals surface area contributed by atoms with Gasteiger partial charge < -0.3 is 4.74 Å². The highest BCUT2D eigenvalue weighted by Gasteiger charge is 2.12.